The first-order chi connectivity index (χ1) is 10.6. The predicted octanol–water partition coefficient (Wildman–Crippen LogP) is 3.87. The summed E-state index contributed by atoms with van der Waals surface area (Å²) in [5, 5.41) is 0.327. The van der Waals surface area contributed by atoms with Crippen molar-refractivity contribution in [2.24, 2.45) is 0 Å². The summed E-state index contributed by atoms with van der Waals surface area (Å²) in [4.78, 5) is 14.2. The number of anilines is 1. The van der Waals surface area contributed by atoms with E-state index in [2.05, 4.69) is 0 Å². The molecular formula is C16H13ClFNO3. The van der Waals surface area contributed by atoms with Gasteiger partial charge in [0.25, 0.3) is 5.91 Å². The summed E-state index contributed by atoms with van der Waals surface area (Å²) in [6.45, 7) is 2.37. The molecular weight excluding hydrogens is 309 g/mol. The molecule has 114 valence electrons. The third-order valence-electron chi connectivity index (χ3n) is 3.37. The Labute approximate surface area is 132 Å². The minimum absolute atomic E-state index is 0.0855. The van der Waals surface area contributed by atoms with Gasteiger partial charge in [-0.25, -0.2) is 4.39 Å². The van der Waals surface area contributed by atoms with Gasteiger partial charge in [-0.15, -0.1) is 0 Å². The number of hydrogen-bond donors (Lipinski definition) is 0. The Bertz CT molecular complexity index is 718. The summed E-state index contributed by atoms with van der Waals surface area (Å²) in [6, 6.07) is 8.90. The first kappa shape index (κ1) is 14.7. The quantitative estimate of drug-likeness (QED) is 0.861. The van der Waals surface area contributed by atoms with Crippen molar-refractivity contribution in [1.82, 2.24) is 0 Å². The molecule has 1 heterocycles. The van der Waals surface area contributed by atoms with Crippen molar-refractivity contribution in [2.45, 2.75) is 6.92 Å². The van der Waals surface area contributed by atoms with E-state index in [1.165, 1.54) is 17.0 Å². The second-order valence-corrected chi connectivity index (χ2v) is 5.12. The van der Waals surface area contributed by atoms with E-state index in [0.29, 0.717) is 34.3 Å². The van der Waals surface area contributed by atoms with Gasteiger partial charge >= 0.3 is 0 Å². The minimum Gasteiger partial charge on any atom is -0.454 e. The molecule has 1 aliphatic heterocycles. The molecule has 2 aromatic rings. The molecule has 0 saturated heterocycles. The summed E-state index contributed by atoms with van der Waals surface area (Å²) < 4.78 is 23.5. The Morgan fingerprint density at radius 2 is 2.00 bits per heavy atom. The van der Waals surface area contributed by atoms with Crippen LogP contribution in [0.2, 0.25) is 5.02 Å². The summed E-state index contributed by atoms with van der Waals surface area (Å²) in [7, 11) is 0. The van der Waals surface area contributed by atoms with Gasteiger partial charge in [0.2, 0.25) is 6.79 Å². The third kappa shape index (κ3) is 2.60. The molecule has 0 fully saturated rings. The molecule has 0 spiro atoms. The molecule has 3 rings (SSSR count). The first-order valence-electron chi connectivity index (χ1n) is 6.76. The lowest BCUT2D eigenvalue weighted by atomic mass is 10.1. The molecule has 0 unspecified atom stereocenters. The Balaban J connectivity index is 1.95. The first-order valence-corrected chi connectivity index (χ1v) is 7.14. The van der Waals surface area contributed by atoms with Crippen molar-refractivity contribution < 1.29 is 18.7 Å². The number of hydrogen-bond acceptors (Lipinski definition) is 3. The number of benzene rings is 2. The van der Waals surface area contributed by atoms with Gasteiger partial charge in [-0.2, -0.15) is 0 Å². The zero-order valence-electron chi connectivity index (χ0n) is 11.8. The highest BCUT2D eigenvalue weighted by molar-refractivity contribution is 6.33. The van der Waals surface area contributed by atoms with Crippen LogP contribution in [0.3, 0.4) is 0 Å². The lowest BCUT2D eigenvalue weighted by molar-refractivity contribution is 0.0988. The third-order valence-corrected chi connectivity index (χ3v) is 3.65. The highest BCUT2D eigenvalue weighted by Gasteiger charge is 2.23. The van der Waals surface area contributed by atoms with E-state index < -0.39 is 0 Å². The smallest absolute Gasteiger partial charge is 0.258 e. The average Bonchev–Trinajstić information content (AvgIpc) is 2.99. The largest absolute Gasteiger partial charge is 0.454 e. The normalized spacial score (nSPS) is 12.3. The van der Waals surface area contributed by atoms with E-state index in [1.807, 2.05) is 6.92 Å². The van der Waals surface area contributed by atoms with Gasteiger partial charge in [-0.3, -0.25) is 4.79 Å². The van der Waals surface area contributed by atoms with Crippen LogP contribution in [0, 0.1) is 5.82 Å². The minimum atomic E-state index is -0.349. The van der Waals surface area contributed by atoms with Gasteiger partial charge < -0.3 is 14.4 Å². The molecule has 6 heteroatoms. The number of nitrogens with zero attached hydrogens (tertiary/aromatic N) is 1. The average molecular weight is 322 g/mol. The maximum absolute atomic E-state index is 13.0. The van der Waals surface area contributed by atoms with Crippen molar-refractivity contribution in [2.75, 3.05) is 18.2 Å². The fraction of sp³-hybridized carbons (Fsp3) is 0.188. The lowest BCUT2D eigenvalue weighted by Gasteiger charge is -2.21. The number of rotatable bonds is 3. The predicted molar refractivity (Wildman–Crippen MR) is 81.3 cm³/mol. The number of amides is 1. The molecule has 2 aromatic carbocycles. The highest BCUT2D eigenvalue weighted by atomic mass is 35.5. The van der Waals surface area contributed by atoms with E-state index in [0.717, 1.165) is 0 Å². The monoisotopic (exact) mass is 321 g/mol. The van der Waals surface area contributed by atoms with Gasteiger partial charge in [0.1, 0.15) is 5.82 Å². The number of ether oxygens (including phenoxy) is 2. The molecule has 0 radical (unpaired) electrons. The Hall–Kier alpha value is -2.27. The lowest BCUT2D eigenvalue weighted by Crippen LogP contribution is -2.30. The maximum atomic E-state index is 13.0. The van der Waals surface area contributed by atoms with E-state index in [4.69, 9.17) is 21.1 Å². The van der Waals surface area contributed by atoms with Gasteiger partial charge in [0.15, 0.2) is 11.5 Å². The van der Waals surface area contributed by atoms with Crippen LogP contribution in [0.1, 0.15) is 17.3 Å². The topological polar surface area (TPSA) is 38.8 Å². The van der Waals surface area contributed by atoms with Gasteiger partial charge in [0.05, 0.1) is 5.02 Å². The SMILES string of the molecule is CCN(C(=O)c1cc(Cl)c2c(c1)OCO2)c1ccc(F)cc1. The Kier molecular flexibility index (Phi) is 3.90. The second-order valence-electron chi connectivity index (χ2n) is 4.72. The number of carbonyl (C=O) groups excluding carboxylic acids is 1. The van der Waals surface area contributed by atoms with E-state index in [1.54, 1.807) is 24.3 Å². The van der Waals surface area contributed by atoms with Crippen molar-refractivity contribution in [1.29, 1.82) is 0 Å². The standard InChI is InChI=1S/C16H13ClFNO3/c1-2-19(12-5-3-11(18)4-6-12)16(20)10-7-13(17)15-14(8-10)21-9-22-15/h3-8H,2,9H2,1H3. The summed E-state index contributed by atoms with van der Waals surface area (Å²) in [6.07, 6.45) is 0. The van der Waals surface area contributed by atoms with Crippen LogP contribution in [-0.2, 0) is 0 Å². The van der Waals surface area contributed by atoms with Crippen LogP contribution in [-0.4, -0.2) is 19.2 Å². The maximum Gasteiger partial charge on any atom is 0.258 e. The fourth-order valence-electron chi connectivity index (χ4n) is 2.31. The van der Waals surface area contributed by atoms with Crippen LogP contribution >= 0.6 is 11.6 Å². The summed E-state index contributed by atoms with van der Waals surface area (Å²) in [5.74, 6) is 0.307. The van der Waals surface area contributed by atoms with Gasteiger partial charge in [-0.05, 0) is 43.3 Å². The van der Waals surface area contributed by atoms with Crippen LogP contribution in [0.4, 0.5) is 10.1 Å². The highest BCUT2D eigenvalue weighted by Crippen LogP contribution is 2.40. The molecule has 22 heavy (non-hydrogen) atoms. The Morgan fingerprint density at radius 1 is 1.27 bits per heavy atom. The van der Waals surface area contributed by atoms with Crippen LogP contribution < -0.4 is 14.4 Å². The molecule has 0 bridgehead atoms. The van der Waals surface area contributed by atoms with Crippen molar-refractivity contribution in [3.8, 4) is 11.5 Å². The molecule has 0 aromatic heterocycles. The van der Waals surface area contributed by atoms with Crippen molar-refractivity contribution >= 4 is 23.2 Å². The zero-order valence-corrected chi connectivity index (χ0v) is 12.6. The van der Waals surface area contributed by atoms with Crippen molar-refractivity contribution in [3.63, 3.8) is 0 Å². The summed E-state index contributed by atoms with van der Waals surface area (Å²) in [5.41, 5.74) is 1.00. The zero-order chi connectivity index (χ0) is 15.7. The number of halogens is 2. The molecule has 1 amide bonds. The molecule has 0 aliphatic carbocycles. The molecule has 0 saturated carbocycles. The summed E-state index contributed by atoms with van der Waals surface area (Å²) >= 11 is 6.11. The van der Waals surface area contributed by atoms with E-state index in [9.17, 15) is 9.18 Å². The number of fused-ring (bicyclic) bond motifs is 1. The van der Waals surface area contributed by atoms with E-state index in [-0.39, 0.29) is 18.5 Å². The second kappa shape index (κ2) is 5.85. The van der Waals surface area contributed by atoms with Crippen LogP contribution in [0.5, 0.6) is 11.5 Å². The molecule has 4 nitrogen and oxygen atoms in total. The van der Waals surface area contributed by atoms with E-state index >= 15 is 0 Å². The number of carbonyl (C=O) groups is 1. The van der Waals surface area contributed by atoms with Crippen LogP contribution in [0.25, 0.3) is 0 Å². The van der Waals surface area contributed by atoms with Gasteiger partial charge in [0, 0.05) is 17.8 Å². The Morgan fingerprint density at radius 3 is 2.68 bits per heavy atom. The van der Waals surface area contributed by atoms with Gasteiger partial charge in [-0.1, -0.05) is 11.6 Å². The van der Waals surface area contributed by atoms with Crippen LogP contribution in [0.15, 0.2) is 36.4 Å². The molecule has 0 atom stereocenters. The molecule has 1 aliphatic rings. The van der Waals surface area contributed by atoms with Crippen molar-refractivity contribution in [3.05, 3.63) is 52.8 Å². The fourth-order valence-corrected chi connectivity index (χ4v) is 2.58. The molecule has 0 N–H and O–H groups in total.